The number of hydrogen-bond donors (Lipinski definition) is 2. The van der Waals surface area contributed by atoms with Crippen LogP contribution in [0, 0.1) is 5.92 Å². The Morgan fingerprint density at radius 1 is 1.50 bits per heavy atom. The van der Waals surface area contributed by atoms with Gasteiger partial charge in [-0.25, -0.2) is 4.72 Å². The highest BCUT2D eigenvalue weighted by Crippen LogP contribution is 2.17. The Morgan fingerprint density at radius 3 is 3.05 bits per heavy atom. The van der Waals surface area contributed by atoms with Gasteiger partial charge in [0.15, 0.2) is 0 Å². The van der Waals surface area contributed by atoms with Crippen LogP contribution in [-0.2, 0) is 16.6 Å². The first kappa shape index (κ1) is 15.5. The predicted octanol–water partition coefficient (Wildman–Crippen LogP) is 0.588. The number of hydrogen-bond acceptors (Lipinski definition) is 4. The van der Waals surface area contributed by atoms with Gasteiger partial charge in [0.2, 0.25) is 0 Å². The van der Waals surface area contributed by atoms with E-state index >= 15 is 0 Å². The molecular formula is C13H23N3O3S. The molecule has 0 saturated carbocycles. The average molecular weight is 301 g/mol. The molecule has 1 aliphatic heterocycles. The zero-order chi connectivity index (χ0) is 14.4. The summed E-state index contributed by atoms with van der Waals surface area (Å²) in [5.41, 5.74) is 0. The molecule has 0 spiro atoms. The maximum atomic E-state index is 12.2. The summed E-state index contributed by atoms with van der Waals surface area (Å²) in [5, 5.41) is 3.12. The van der Waals surface area contributed by atoms with Crippen LogP contribution in [0.15, 0.2) is 22.8 Å². The quantitative estimate of drug-likeness (QED) is 0.773. The molecule has 114 valence electrons. The molecule has 1 atom stereocenters. The van der Waals surface area contributed by atoms with Crippen LogP contribution in [0.1, 0.15) is 18.6 Å². The fourth-order valence-corrected chi connectivity index (χ4v) is 3.87. The van der Waals surface area contributed by atoms with Gasteiger partial charge in [-0.05, 0) is 44.5 Å². The van der Waals surface area contributed by atoms with Gasteiger partial charge in [-0.2, -0.15) is 12.7 Å². The minimum atomic E-state index is -3.37. The molecule has 1 aliphatic rings. The maximum absolute atomic E-state index is 12.2. The first-order valence-corrected chi connectivity index (χ1v) is 8.47. The SMILES string of the molecule is CNCC1CCCN(S(=O)(=O)NCCc2ccco2)C1. The molecule has 6 nitrogen and oxygen atoms in total. The van der Waals surface area contributed by atoms with Crippen molar-refractivity contribution in [2.45, 2.75) is 19.3 Å². The molecule has 0 aliphatic carbocycles. The third kappa shape index (κ3) is 4.31. The largest absolute Gasteiger partial charge is 0.469 e. The van der Waals surface area contributed by atoms with Gasteiger partial charge in [-0.15, -0.1) is 0 Å². The van der Waals surface area contributed by atoms with Crippen LogP contribution in [-0.4, -0.2) is 45.9 Å². The summed E-state index contributed by atoms with van der Waals surface area (Å²) in [6.07, 6.45) is 4.17. The Kier molecular flexibility index (Phi) is 5.59. The number of piperidine rings is 1. The Labute approximate surface area is 120 Å². The van der Waals surface area contributed by atoms with Crippen molar-refractivity contribution < 1.29 is 12.8 Å². The monoisotopic (exact) mass is 301 g/mol. The summed E-state index contributed by atoms with van der Waals surface area (Å²) >= 11 is 0. The van der Waals surface area contributed by atoms with E-state index in [2.05, 4.69) is 10.0 Å². The fraction of sp³-hybridized carbons (Fsp3) is 0.692. The van der Waals surface area contributed by atoms with Crippen molar-refractivity contribution in [1.29, 1.82) is 0 Å². The average Bonchev–Trinajstić information content (AvgIpc) is 2.92. The third-order valence-corrected chi connectivity index (χ3v) is 5.13. The Hall–Kier alpha value is -0.890. The lowest BCUT2D eigenvalue weighted by Gasteiger charge is -2.31. The van der Waals surface area contributed by atoms with Crippen molar-refractivity contribution in [3.63, 3.8) is 0 Å². The van der Waals surface area contributed by atoms with Gasteiger partial charge in [-0.1, -0.05) is 0 Å². The molecule has 1 aromatic rings. The van der Waals surface area contributed by atoms with Gasteiger partial charge in [0.05, 0.1) is 6.26 Å². The van der Waals surface area contributed by atoms with Crippen LogP contribution in [0.4, 0.5) is 0 Å². The van der Waals surface area contributed by atoms with Gasteiger partial charge in [-0.3, -0.25) is 0 Å². The smallest absolute Gasteiger partial charge is 0.279 e. The number of rotatable bonds is 7. The maximum Gasteiger partial charge on any atom is 0.279 e. The number of furan rings is 1. The summed E-state index contributed by atoms with van der Waals surface area (Å²) < 4.78 is 33.8. The molecule has 1 saturated heterocycles. The van der Waals surface area contributed by atoms with Crippen molar-refractivity contribution in [3.8, 4) is 0 Å². The lowest BCUT2D eigenvalue weighted by Crippen LogP contribution is -2.47. The normalized spacial score (nSPS) is 21.1. The highest BCUT2D eigenvalue weighted by atomic mass is 32.2. The summed E-state index contributed by atoms with van der Waals surface area (Å²) in [4.78, 5) is 0. The highest BCUT2D eigenvalue weighted by Gasteiger charge is 2.28. The van der Waals surface area contributed by atoms with Crippen molar-refractivity contribution >= 4 is 10.2 Å². The van der Waals surface area contributed by atoms with Gasteiger partial charge >= 0.3 is 0 Å². The van der Waals surface area contributed by atoms with E-state index in [-0.39, 0.29) is 0 Å². The Bertz CT molecular complexity index is 485. The third-order valence-electron chi connectivity index (χ3n) is 3.55. The van der Waals surface area contributed by atoms with E-state index in [1.807, 2.05) is 13.1 Å². The summed E-state index contributed by atoms with van der Waals surface area (Å²) in [7, 11) is -1.48. The molecule has 0 radical (unpaired) electrons. The summed E-state index contributed by atoms with van der Waals surface area (Å²) in [5.74, 6) is 1.19. The second-order valence-electron chi connectivity index (χ2n) is 5.15. The molecular weight excluding hydrogens is 278 g/mol. The van der Waals surface area contributed by atoms with E-state index in [0.717, 1.165) is 25.1 Å². The van der Waals surface area contributed by atoms with Crippen LogP contribution in [0.3, 0.4) is 0 Å². The van der Waals surface area contributed by atoms with Gasteiger partial charge in [0.25, 0.3) is 10.2 Å². The molecule has 1 unspecified atom stereocenters. The summed E-state index contributed by atoms with van der Waals surface area (Å²) in [6, 6.07) is 3.65. The lowest BCUT2D eigenvalue weighted by atomic mass is 10.00. The van der Waals surface area contributed by atoms with Crippen LogP contribution >= 0.6 is 0 Å². The van der Waals surface area contributed by atoms with Crippen molar-refractivity contribution in [2.75, 3.05) is 33.2 Å². The minimum Gasteiger partial charge on any atom is -0.469 e. The Balaban J connectivity index is 1.82. The van der Waals surface area contributed by atoms with Crippen LogP contribution in [0.5, 0.6) is 0 Å². The molecule has 0 bridgehead atoms. The first-order chi connectivity index (χ1) is 9.62. The molecule has 2 heterocycles. The molecule has 20 heavy (non-hydrogen) atoms. The molecule has 1 aromatic heterocycles. The van der Waals surface area contributed by atoms with Gasteiger partial charge in [0, 0.05) is 26.1 Å². The fourth-order valence-electron chi connectivity index (χ4n) is 2.55. The molecule has 2 rings (SSSR count). The molecule has 0 amide bonds. The van der Waals surface area contributed by atoms with E-state index in [1.54, 1.807) is 16.6 Å². The van der Waals surface area contributed by atoms with Crippen molar-refractivity contribution in [3.05, 3.63) is 24.2 Å². The minimum absolute atomic E-state index is 0.364. The van der Waals surface area contributed by atoms with E-state index < -0.39 is 10.2 Å². The second kappa shape index (κ2) is 7.21. The first-order valence-electron chi connectivity index (χ1n) is 7.03. The van der Waals surface area contributed by atoms with E-state index in [9.17, 15) is 8.42 Å². The van der Waals surface area contributed by atoms with Crippen molar-refractivity contribution in [2.24, 2.45) is 5.92 Å². The van der Waals surface area contributed by atoms with Crippen LogP contribution < -0.4 is 10.0 Å². The van der Waals surface area contributed by atoms with E-state index in [4.69, 9.17) is 4.42 Å². The lowest BCUT2D eigenvalue weighted by molar-refractivity contribution is 0.261. The number of nitrogens with one attached hydrogen (secondary N) is 2. The molecule has 1 fully saturated rings. The standard InChI is InChI=1S/C13H23N3O3S/c1-14-10-12-4-2-8-16(11-12)20(17,18)15-7-6-13-5-3-9-19-13/h3,5,9,12,14-15H,2,4,6-8,10-11H2,1H3. The zero-order valence-electron chi connectivity index (χ0n) is 11.8. The van der Waals surface area contributed by atoms with Crippen LogP contribution in [0.25, 0.3) is 0 Å². The van der Waals surface area contributed by atoms with E-state index in [0.29, 0.717) is 32.0 Å². The molecule has 0 aromatic carbocycles. The summed E-state index contributed by atoms with van der Waals surface area (Å²) in [6.45, 7) is 2.43. The van der Waals surface area contributed by atoms with Gasteiger partial charge < -0.3 is 9.73 Å². The predicted molar refractivity (Wildman–Crippen MR) is 77.6 cm³/mol. The second-order valence-corrected chi connectivity index (χ2v) is 6.91. The van der Waals surface area contributed by atoms with Crippen molar-refractivity contribution in [1.82, 2.24) is 14.3 Å². The highest BCUT2D eigenvalue weighted by molar-refractivity contribution is 7.87. The zero-order valence-corrected chi connectivity index (χ0v) is 12.7. The molecule has 7 heteroatoms. The van der Waals surface area contributed by atoms with Gasteiger partial charge in [0.1, 0.15) is 5.76 Å². The topological polar surface area (TPSA) is 74.6 Å². The van der Waals surface area contributed by atoms with Crippen LogP contribution in [0.2, 0.25) is 0 Å². The number of nitrogens with zero attached hydrogens (tertiary/aromatic N) is 1. The molecule has 2 N–H and O–H groups in total. The van der Waals surface area contributed by atoms with E-state index in [1.165, 1.54) is 0 Å². The Morgan fingerprint density at radius 2 is 2.35 bits per heavy atom.